The van der Waals surface area contributed by atoms with Crippen LogP contribution in [-0.4, -0.2) is 45.4 Å². The molecule has 1 aromatic heterocycles. The lowest BCUT2D eigenvalue weighted by atomic mass is 9.94. The molecule has 2 heterocycles. The maximum absolute atomic E-state index is 13.1. The van der Waals surface area contributed by atoms with Crippen molar-refractivity contribution in [2.75, 3.05) is 11.9 Å². The molecule has 3 rings (SSSR count). The van der Waals surface area contributed by atoms with Gasteiger partial charge in [0.25, 0.3) is 0 Å². The highest BCUT2D eigenvalue weighted by molar-refractivity contribution is 7.13. The molecular formula is C19H28N4O4S. The van der Waals surface area contributed by atoms with Gasteiger partial charge in [-0.1, -0.05) is 19.8 Å². The molecule has 0 aromatic carbocycles. The molecule has 3 amide bonds. The third kappa shape index (κ3) is 5.08. The van der Waals surface area contributed by atoms with Crippen molar-refractivity contribution in [1.82, 2.24) is 15.4 Å². The second-order valence-corrected chi connectivity index (χ2v) is 8.91. The number of amides is 3. The summed E-state index contributed by atoms with van der Waals surface area (Å²) < 4.78 is 0. The maximum Gasteiger partial charge on any atom is 0.248 e. The van der Waals surface area contributed by atoms with Crippen molar-refractivity contribution in [3.63, 3.8) is 0 Å². The summed E-state index contributed by atoms with van der Waals surface area (Å²) in [5, 5.41) is 14.0. The second kappa shape index (κ2) is 9.00. The zero-order chi connectivity index (χ0) is 20.1. The van der Waals surface area contributed by atoms with E-state index in [4.69, 9.17) is 5.21 Å². The molecule has 154 valence electrons. The lowest BCUT2D eigenvalue weighted by Crippen LogP contribution is -2.44. The van der Waals surface area contributed by atoms with E-state index in [-0.39, 0.29) is 36.0 Å². The zero-order valence-corrected chi connectivity index (χ0v) is 17.0. The Hall–Kier alpha value is -2.00. The third-order valence-corrected chi connectivity index (χ3v) is 6.47. The fourth-order valence-electron chi connectivity index (χ4n) is 4.01. The fraction of sp³-hybridized carbons (Fsp3) is 0.684. The number of nitrogens with one attached hydrogen (secondary N) is 2. The summed E-state index contributed by atoms with van der Waals surface area (Å²) in [6, 6.07) is -0.489. The van der Waals surface area contributed by atoms with Gasteiger partial charge in [0.05, 0.1) is 0 Å². The minimum absolute atomic E-state index is 0.0853. The van der Waals surface area contributed by atoms with Gasteiger partial charge in [0, 0.05) is 31.0 Å². The smallest absolute Gasteiger partial charge is 0.248 e. The Labute approximate surface area is 168 Å². The molecule has 8 nitrogen and oxygen atoms in total. The van der Waals surface area contributed by atoms with E-state index in [2.05, 4.69) is 17.2 Å². The van der Waals surface area contributed by atoms with Crippen molar-refractivity contribution < 1.29 is 19.6 Å². The first-order valence-corrected chi connectivity index (χ1v) is 10.8. The van der Waals surface area contributed by atoms with Gasteiger partial charge in [-0.25, -0.2) is 10.5 Å². The van der Waals surface area contributed by atoms with Gasteiger partial charge in [0.2, 0.25) is 17.7 Å². The molecule has 1 aliphatic carbocycles. The highest BCUT2D eigenvalue weighted by atomic mass is 32.1. The first kappa shape index (κ1) is 20.7. The average Bonchev–Trinajstić information content (AvgIpc) is 3.06. The number of carbonyl (C=O) groups excluding carboxylic acids is 3. The largest absolute Gasteiger partial charge is 0.330 e. The molecule has 1 spiro atoms. The van der Waals surface area contributed by atoms with Crippen LogP contribution in [0.15, 0.2) is 11.6 Å². The molecule has 2 fully saturated rings. The number of hydrogen-bond donors (Lipinski definition) is 3. The molecule has 1 aromatic rings. The highest BCUT2D eigenvalue weighted by Gasteiger charge is 2.55. The van der Waals surface area contributed by atoms with Crippen LogP contribution in [0, 0.1) is 11.3 Å². The molecule has 0 radical (unpaired) electrons. The molecule has 2 atom stereocenters. The third-order valence-electron chi connectivity index (χ3n) is 5.78. The number of hydrogen-bond acceptors (Lipinski definition) is 6. The van der Waals surface area contributed by atoms with Gasteiger partial charge in [-0.05, 0) is 37.0 Å². The van der Waals surface area contributed by atoms with E-state index in [1.807, 2.05) is 0 Å². The lowest BCUT2D eigenvalue weighted by Gasteiger charge is -2.26. The molecular weight excluding hydrogens is 380 g/mol. The number of anilines is 1. The number of nitrogens with zero attached hydrogens (tertiary/aromatic N) is 2. The SMILES string of the molecule is CCCC[C@@H](CC(=O)NO)CC(=O)N1CC2(CC2)C[C@H]1C(=O)Nc1nccs1. The van der Waals surface area contributed by atoms with Gasteiger partial charge in [0.1, 0.15) is 6.04 Å². The zero-order valence-electron chi connectivity index (χ0n) is 16.1. The summed E-state index contributed by atoms with van der Waals surface area (Å²) in [5.41, 5.74) is 1.74. The summed E-state index contributed by atoms with van der Waals surface area (Å²) in [5.74, 6) is -0.898. The standard InChI is InChI=1S/C19H28N4O4S/c1-2-3-4-13(9-15(24)22-27)10-16(25)23-12-19(5-6-19)11-14(23)17(26)21-18-20-7-8-28-18/h7-8,13-14,27H,2-6,9-12H2,1H3,(H,22,24)(H,20,21,26)/t13-,14-/m0/s1. The molecule has 0 bridgehead atoms. The highest BCUT2D eigenvalue weighted by Crippen LogP contribution is 2.55. The van der Waals surface area contributed by atoms with E-state index < -0.39 is 11.9 Å². The Morgan fingerprint density at radius 3 is 2.79 bits per heavy atom. The molecule has 28 heavy (non-hydrogen) atoms. The van der Waals surface area contributed by atoms with Gasteiger partial charge < -0.3 is 10.2 Å². The summed E-state index contributed by atoms with van der Waals surface area (Å²) in [4.78, 5) is 43.2. The van der Waals surface area contributed by atoms with Crippen LogP contribution in [-0.2, 0) is 14.4 Å². The normalized spacial score (nSPS) is 20.8. The van der Waals surface area contributed by atoms with Crippen LogP contribution in [0.1, 0.15) is 58.3 Å². The summed E-state index contributed by atoms with van der Waals surface area (Å²) in [7, 11) is 0. The van der Waals surface area contributed by atoms with Crippen molar-refractivity contribution in [3.8, 4) is 0 Å². The number of thiazole rings is 1. The number of rotatable bonds is 9. The van der Waals surface area contributed by atoms with Crippen LogP contribution >= 0.6 is 11.3 Å². The number of unbranched alkanes of at least 4 members (excludes halogenated alkanes) is 1. The van der Waals surface area contributed by atoms with E-state index in [9.17, 15) is 14.4 Å². The first-order valence-electron chi connectivity index (χ1n) is 9.89. The summed E-state index contributed by atoms with van der Waals surface area (Å²) in [6.45, 7) is 2.66. The van der Waals surface area contributed by atoms with Crippen LogP contribution in [0.2, 0.25) is 0 Å². The van der Waals surface area contributed by atoms with Crippen LogP contribution in [0.5, 0.6) is 0 Å². The van der Waals surface area contributed by atoms with Crippen LogP contribution in [0.4, 0.5) is 5.13 Å². The number of hydroxylamine groups is 1. The van der Waals surface area contributed by atoms with E-state index in [1.165, 1.54) is 11.3 Å². The van der Waals surface area contributed by atoms with E-state index in [1.54, 1.807) is 22.0 Å². The molecule has 1 saturated carbocycles. The molecule has 2 aliphatic rings. The summed E-state index contributed by atoms with van der Waals surface area (Å²) >= 11 is 1.35. The Kier molecular flexibility index (Phi) is 6.66. The minimum Gasteiger partial charge on any atom is -0.330 e. The van der Waals surface area contributed by atoms with Crippen molar-refractivity contribution in [1.29, 1.82) is 0 Å². The molecule has 1 saturated heterocycles. The lowest BCUT2D eigenvalue weighted by molar-refractivity contribution is -0.138. The van der Waals surface area contributed by atoms with Gasteiger partial charge in [-0.2, -0.15) is 0 Å². The second-order valence-electron chi connectivity index (χ2n) is 8.02. The first-order chi connectivity index (χ1) is 13.5. The summed E-state index contributed by atoms with van der Waals surface area (Å²) in [6.07, 6.45) is 7.35. The van der Waals surface area contributed by atoms with Gasteiger partial charge in [-0.3, -0.25) is 19.6 Å². The number of carbonyl (C=O) groups is 3. The monoisotopic (exact) mass is 408 g/mol. The Balaban J connectivity index is 1.66. The van der Waals surface area contributed by atoms with Gasteiger partial charge in [-0.15, -0.1) is 11.3 Å². The molecule has 3 N–H and O–H groups in total. The Morgan fingerprint density at radius 2 is 2.18 bits per heavy atom. The quantitative estimate of drug-likeness (QED) is 0.429. The van der Waals surface area contributed by atoms with E-state index in [0.29, 0.717) is 18.1 Å². The van der Waals surface area contributed by atoms with Crippen LogP contribution < -0.4 is 10.8 Å². The predicted octanol–water partition coefficient (Wildman–Crippen LogP) is 2.55. The minimum atomic E-state index is -0.489. The van der Waals surface area contributed by atoms with Crippen LogP contribution in [0.3, 0.4) is 0 Å². The van der Waals surface area contributed by atoms with Crippen molar-refractivity contribution in [2.24, 2.45) is 11.3 Å². The van der Waals surface area contributed by atoms with E-state index in [0.717, 1.165) is 32.1 Å². The van der Waals surface area contributed by atoms with Crippen molar-refractivity contribution in [3.05, 3.63) is 11.6 Å². The molecule has 9 heteroatoms. The predicted molar refractivity (Wildman–Crippen MR) is 105 cm³/mol. The van der Waals surface area contributed by atoms with Crippen molar-refractivity contribution >= 4 is 34.2 Å². The number of aromatic nitrogens is 1. The average molecular weight is 409 g/mol. The number of likely N-dealkylation sites (tertiary alicyclic amines) is 1. The van der Waals surface area contributed by atoms with Gasteiger partial charge >= 0.3 is 0 Å². The maximum atomic E-state index is 13.1. The molecule has 0 unspecified atom stereocenters. The fourth-order valence-corrected chi connectivity index (χ4v) is 4.54. The van der Waals surface area contributed by atoms with Crippen molar-refractivity contribution in [2.45, 2.75) is 64.3 Å². The Morgan fingerprint density at radius 1 is 1.39 bits per heavy atom. The van der Waals surface area contributed by atoms with Gasteiger partial charge in [0.15, 0.2) is 5.13 Å². The van der Waals surface area contributed by atoms with Crippen LogP contribution in [0.25, 0.3) is 0 Å². The van der Waals surface area contributed by atoms with E-state index >= 15 is 0 Å². The molecule has 1 aliphatic heterocycles. The Bertz CT molecular complexity index is 705. The topological polar surface area (TPSA) is 112 Å².